The third-order valence-corrected chi connectivity index (χ3v) is 6.44. The first kappa shape index (κ1) is 24.5. The zero-order chi connectivity index (χ0) is 24.8. The summed E-state index contributed by atoms with van der Waals surface area (Å²) in [7, 11) is 0. The lowest BCUT2D eigenvalue weighted by Crippen LogP contribution is -2.34. The summed E-state index contributed by atoms with van der Waals surface area (Å²) in [6.45, 7) is 0.577. The second-order valence-corrected chi connectivity index (χ2v) is 9.11. The molecular weight excluding hydrogens is 468 g/mol. The lowest BCUT2D eigenvalue weighted by Gasteiger charge is -2.26. The fraction of sp³-hybridized carbons (Fsp3) is 0.296. The number of benzene rings is 3. The van der Waals surface area contributed by atoms with E-state index in [0.717, 1.165) is 10.8 Å². The smallest absolute Gasteiger partial charge is 0.306 e. The summed E-state index contributed by atoms with van der Waals surface area (Å²) in [5, 5.41) is 17.2. The van der Waals surface area contributed by atoms with Crippen LogP contribution in [0, 0.1) is 5.92 Å². The number of carbonyl (C=O) groups is 3. The molecule has 0 aromatic heterocycles. The first-order chi connectivity index (χ1) is 16.9. The number of amides is 2. The maximum absolute atomic E-state index is 12.4. The maximum atomic E-state index is 12.4. The van der Waals surface area contributed by atoms with Crippen molar-refractivity contribution in [3.05, 3.63) is 76.8 Å². The maximum Gasteiger partial charge on any atom is 0.306 e. The predicted molar refractivity (Wildman–Crippen MR) is 134 cm³/mol. The molecule has 0 heterocycles. The quantitative estimate of drug-likeness (QED) is 0.394. The van der Waals surface area contributed by atoms with Gasteiger partial charge in [-0.3, -0.25) is 14.4 Å². The standard InChI is InChI=1S/C27H27ClN2O5/c28-22-8-3-17-1-2-20(15-21(17)16-22)26(32)30-14-13-29-25(31)18-4-9-23(10-5-18)35-24-11-6-19(7-12-24)27(33)34/h1-5,8-10,15-16,19,24H,6-7,11-14H2,(H,29,31)(H,30,32)(H,33,34). The number of carboxylic acids is 1. The second kappa shape index (κ2) is 11.2. The topological polar surface area (TPSA) is 105 Å². The first-order valence-corrected chi connectivity index (χ1v) is 12.0. The van der Waals surface area contributed by atoms with Crippen LogP contribution in [0.3, 0.4) is 0 Å². The Hall–Kier alpha value is -3.58. The molecule has 3 aromatic carbocycles. The van der Waals surface area contributed by atoms with Crippen LogP contribution in [-0.4, -0.2) is 42.1 Å². The van der Waals surface area contributed by atoms with Crippen LogP contribution in [0.2, 0.25) is 5.02 Å². The van der Waals surface area contributed by atoms with Crippen molar-refractivity contribution < 1.29 is 24.2 Å². The van der Waals surface area contributed by atoms with Crippen molar-refractivity contribution in [2.24, 2.45) is 5.92 Å². The summed E-state index contributed by atoms with van der Waals surface area (Å²) in [5.41, 5.74) is 1.02. The monoisotopic (exact) mass is 494 g/mol. The Balaban J connectivity index is 1.20. The zero-order valence-corrected chi connectivity index (χ0v) is 19.9. The van der Waals surface area contributed by atoms with E-state index in [1.54, 1.807) is 36.4 Å². The molecule has 0 aliphatic heterocycles. The third-order valence-electron chi connectivity index (χ3n) is 6.20. The fourth-order valence-electron chi connectivity index (χ4n) is 4.22. The summed E-state index contributed by atoms with van der Waals surface area (Å²) < 4.78 is 5.94. The molecule has 3 N–H and O–H groups in total. The highest BCUT2D eigenvalue weighted by Crippen LogP contribution is 2.28. The van der Waals surface area contributed by atoms with Crippen LogP contribution in [0.4, 0.5) is 0 Å². The average molecular weight is 495 g/mol. The molecule has 3 aromatic rings. The van der Waals surface area contributed by atoms with Crippen molar-refractivity contribution in [3.8, 4) is 5.75 Å². The van der Waals surface area contributed by atoms with E-state index in [9.17, 15) is 14.4 Å². The molecule has 35 heavy (non-hydrogen) atoms. The third kappa shape index (κ3) is 6.51. The van der Waals surface area contributed by atoms with E-state index in [4.69, 9.17) is 21.4 Å². The average Bonchev–Trinajstić information content (AvgIpc) is 2.86. The molecule has 1 fully saturated rings. The molecule has 4 rings (SSSR count). The minimum absolute atomic E-state index is 0.00604. The van der Waals surface area contributed by atoms with Gasteiger partial charge in [-0.05, 0) is 85.0 Å². The second-order valence-electron chi connectivity index (χ2n) is 8.67. The van der Waals surface area contributed by atoms with Crippen molar-refractivity contribution in [3.63, 3.8) is 0 Å². The molecule has 2 amide bonds. The summed E-state index contributed by atoms with van der Waals surface area (Å²) in [4.78, 5) is 35.9. The number of fused-ring (bicyclic) bond motifs is 1. The van der Waals surface area contributed by atoms with E-state index < -0.39 is 5.97 Å². The van der Waals surface area contributed by atoms with Gasteiger partial charge < -0.3 is 20.5 Å². The minimum Gasteiger partial charge on any atom is -0.490 e. The van der Waals surface area contributed by atoms with Gasteiger partial charge in [0.1, 0.15) is 5.75 Å². The molecule has 0 unspecified atom stereocenters. The van der Waals surface area contributed by atoms with Gasteiger partial charge in [0.2, 0.25) is 0 Å². The molecule has 7 nitrogen and oxygen atoms in total. The van der Waals surface area contributed by atoms with Gasteiger partial charge in [0, 0.05) is 29.2 Å². The van der Waals surface area contributed by atoms with Crippen LogP contribution in [0.5, 0.6) is 5.75 Å². The number of nitrogens with one attached hydrogen (secondary N) is 2. The van der Waals surface area contributed by atoms with Crippen LogP contribution < -0.4 is 15.4 Å². The zero-order valence-electron chi connectivity index (χ0n) is 19.1. The number of hydrogen-bond donors (Lipinski definition) is 3. The van der Waals surface area contributed by atoms with Gasteiger partial charge in [-0.1, -0.05) is 23.7 Å². The highest BCUT2D eigenvalue weighted by Gasteiger charge is 2.26. The van der Waals surface area contributed by atoms with Crippen molar-refractivity contribution in [1.82, 2.24) is 10.6 Å². The van der Waals surface area contributed by atoms with Crippen LogP contribution in [0.1, 0.15) is 46.4 Å². The van der Waals surface area contributed by atoms with Crippen LogP contribution in [0.15, 0.2) is 60.7 Å². The van der Waals surface area contributed by atoms with Gasteiger partial charge in [-0.15, -0.1) is 0 Å². The number of rotatable bonds is 8. The molecular formula is C27H27ClN2O5. The summed E-state index contributed by atoms with van der Waals surface area (Å²) in [6, 6.07) is 17.8. The molecule has 0 atom stereocenters. The summed E-state index contributed by atoms with van der Waals surface area (Å²) in [6.07, 6.45) is 2.64. The van der Waals surface area contributed by atoms with Gasteiger partial charge >= 0.3 is 5.97 Å². The highest BCUT2D eigenvalue weighted by molar-refractivity contribution is 6.31. The lowest BCUT2D eigenvalue weighted by molar-refractivity contribution is -0.143. The van der Waals surface area contributed by atoms with Gasteiger partial charge in [0.25, 0.3) is 11.8 Å². The fourth-order valence-corrected chi connectivity index (χ4v) is 4.40. The minimum atomic E-state index is -0.738. The van der Waals surface area contributed by atoms with Gasteiger partial charge in [0.05, 0.1) is 12.0 Å². The number of halogens is 1. The number of carboxylic acid groups (broad SMARTS) is 1. The first-order valence-electron chi connectivity index (χ1n) is 11.6. The van der Waals surface area contributed by atoms with Crippen LogP contribution >= 0.6 is 11.6 Å². The Morgan fingerprint density at radius 2 is 1.40 bits per heavy atom. The van der Waals surface area contributed by atoms with Gasteiger partial charge in [0.15, 0.2) is 0 Å². The van der Waals surface area contributed by atoms with E-state index >= 15 is 0 Å². The van der Waals surface area contributed by atoms with Crippen molar-refractivity contribution in [2.45, 2.75) is 31.8 Å². The van der Waals surface area contributed by atoms with Crippen LogP contribution in [0.25, 0.3) is 10.8 Å². The largest absolute Gasteiger partial charge is 0.490 e. The van der Waals surface area contributed by atoms with E-state index in [1.165, 1.54) is 0 Å². The molecule has 182 valence electrons. The number of carbonyl (C=O) groups excluding carboxylic acids is 2. The number of hydrogen-bond acceptors (Lipinski definition) is 4. The van der Waals surface area contributed by atoms with E-state index in [1.807, 2.05) is 24.3 Å². The van der Waals surface area contributed by atoms with E-state index in [0.29, 0.717) is 54.1 Å². The molecule has 0 spiro atoms. The number of aliphatic carboxylic acids is 1. The van der Waals surface area contributed by atoms with Gasteiger partial charge in [-0.2, -0.15) is 0 Å². The Kier molecular flexibility index (Phi) is 7.87. The van der Waals surface area contributed by atoms with E-state index in [2.05, 4.69) is 10.6 Å². The predicted octanol–water partition coefficient (Wildman–Crippen LogP) is 4.68. The lowest BCUT2D eigenvalue weighted by atomic mass is 9.87. The van der Waals surface area contributed by atoms with E-state index in [-0.39, 0.29) is 30.4 Å². The van der Waals surface area contributed by atoms with Crippen LogP contribution in [-0.2, 0) is 4.79 Å². The Bertz CT molecular complexity index is 1220. The summed E-state index contributed by atoms with van der Waals surface area (Å²) >= 11 is 6.03. The Labute approximate surface area is 208 Å². The molecule has 0 bridgehead atoms. The molecule has 1 saturated carbocycles. The van der Waals surface area contributed by atoms with Crippen molar-refractivity contribution >= 4 is 40.2 Å². The van der Waals surface area contributed by atoms with Crippen molar-refractivity contribution in [2.75, 3.05) is 13.1 Å². The Morgan fingerprint density at radius 3 is 2.06 bits per heavy atom. The number of ether oxygens (including phenoxy) is 1. The highest BCUT2D eigenvalue weighted by atomic mass is 35.5. The molecule has 0 radical (unpaired) electrons. The van der Waals surface area contributed by atoms with Crippen molar-refractivity contribution in [1.29, 1.82) is 0 Å². The SMILES string of the molecule is O=C(NCCNC(=O)c1ccc2ccc(Cl)cc2c1)c1ccc(OC2CCC(C(=O)O)CC2)cc1. The Morgan fingerprint density at radius 1 is 0.800 bits per heavy atom. The molecule has 1 aliphatic rings. The normalized spacial score (nSPS) is 17.5. The molecule has 0 saturated heterocycles. The molecule has 1 aliphatic carbocycles. The van der Waals surface area contributed by atoms with Gasteiger partial charge in [-0.25, -0.2) is 0 Å². The molecule has 8 heteroatoms. The summed E-state index contributed by atoms with van der Waals surface area (Å²) in [5.74, 6) is -0.827.